The van der Waals surface area contributed by atoms with Crippen LogP contribution in [0.4, 0.5) is 5.69 Å². The lowest BCUT2D eigenvalue weighted by molar-refractivity contribution is -0.387. The van der Waals surface area contributed by atoms with E-state index in [1.807, 2.05) is 6.92 Å². The Labute approximate surface area is 128 Å². The van der Waals surface area contributed by atoms with Crippen molar-refractivity contribution in [2.75, 3.05) is 6.54 Å². The number of nitro groups is 1. The quantitative estimate of drug-likeness (QED) is 0.626. The van der Waals surface area contributed by atoms with Crippen LogP contribution in [0.2, 0.25) is 5.02 Å². The smallest absolute Gasteiger partial charge is 0.258 e. The molecule has 0 unspecified atom stereocenters. The predicted octanol–water partition coefficient (Wildman–Crippen LogP) is 3.20. The van der Waals surface area contributed by atoms with Gasteiger partial charge < -0.3 is 0 Å². The number of hydrogen-bond donors (Lipinski definition) is 0. The summed E-state index contributed by atoms with van der Waals surface area (Å²) in [6, 6.07) is 3.57. The zero-order valence-electron chi connectivity index (χ0n) is 11.7. The first-order chi connectivity index (χ1) is 9.87. The lowest BCUT2D eigenvalue weighted by Crippen LogP contribution is -2.43. The van der Waals surface area contributed by atoms with Crippen molar-refractivity contribution >= 4 is 27.3 Å². The third-order valence-electron chi connectivity index (χ3n) is 3.75. The van der Waals surface area contributed by atoms with Crippen molar-refractivity contribution in [1.82, 2.24) is 4.31 Å². The second-order valence-electron chi connectivity index (χ2n) is 5.04. The van der Waals surface area contributed by atoms with E-state index in [9.17, 15) is 18.5 Å². The molecule has 1 aliphatic heterocycles. The summed E-state index contributed by atoms with van der Waals surface area (Å²) in [7, 11) is -3.88. The van der Waals surface area contributed by atoms with Crippen molar-refractivity contribution in [3.8, 4) is 0 Å². The van der Waals surface area contributed by atoms with Gasteiger partial charge in [-0.25, -0.2) is 8.42 Å². The number of piperidine rings is 1. The number of sulfonamides is 1. The van der Waals surface area contributed by atoms with Crippen molar-refractivity contribution in [3.63, 3.8) is 0 Å². The molecule has 0 N–H and O–H groups in total. The molecule has 116 valence electrons. The fourth-order valence-corrected chi connectivity index (χ4v) is 4.75. The molecule has 1 atom stereocenters. The van der Waals surface area contributed by atoms with Gasteiger partial charge in [0.2, 0.25) is 10.0 Å². The Bertz CT molecular complexity index is 648. The molecule has 0 aromatic heterocycles. The van der Waals surface area contributed by atoms with Crippen molar-refractivity contribution < 1.29 is 13.3 Å². The predicted molar refractivity (Wildman–Crippen MR) is 79.9 cm³/mol. The Kier molecular flexibility index (Phi) is 4.85. The minimum absolute atomic E-state index is 0.0981. The Morgan fingerprint density at radius 2 is 2.14 bits per heavy atom. The highest BCUT2D eigenvalue weighted by atomic mass is 35.5. The van der Waals surface area contributed by atoms with Gasteiger partial charge in [-0.1, -0.05) is 24.9 Å². The second kappa shape index (κ2) is 6.29. The van der Waals surface area contributed by atoms with Crippen LogP contribution in [-0.4, -0.2) is 30.2 Å². The van der Waals surface area contributed by atoms with Crippen molar-refractivity contribution in [2.24, 2.45) is 0 Å². The summed E-state index contributed by atoms with van der Waals surface area (Å²) in [5, 5.41) is 11.3. The van der Waals surface area contributed by atoms with Gasteiger partial charge in [-0.3, -0.25) is 10.1 Å². The van der Waals surface area contributed by atoms with Crippen molar-refractivity contribution in [1.29, 1.82) is 0 Å². The molecular weight excluding hydrogens is 316 g/mol. The van der Waals surface area contributed by atoms with E-state index < -0.39 is 20.6 Å². The highest BCUT2D eigenvalue weighted by Gasteiger charge is 2.36. The van der Waals surface area contributed by atoms with E-state index in [-0.39, 0.29) is 16.0 Å². The summed E-state index contributed by atoms with van der Waals surface area (Å²) in [6.07, 6.45) is 3.24. The normalized spacial score (nSPS) is 20.4. The van der Waals surface area contributed by atoms with E-state index >= 15 is 0 Å². The lowest BCUT2D eigenvalue weighted by Gasteiger charge is -2.33. The molecule has 0 radical (unpaired) electrons. The van der Waals surface area contributed by atoms with Crippen LogP contribution >= 0.6 is 11.6 Å². The van der Waals surface area contributed by atoms with E-state index in [1.54, 1.807) is 0 Å². The van der Waals surface area contributed by atoms with Gasteiger partial charge in [0.15, 0.2) is 4.90 Å². The number of benzene rings is 1. The van der Waals surface area contributed by atoms with E-state index in [2.05, 4.69) is 0 Å². The highest BCUT2D eigenvalue weighted by Crippen LogP contribution is 2.33. The summed E-state index contributed by atoms with van der Waals surface area (Å²) >= 11 is 5.74. The average molecular weight is 333 g/mol. The third kappa shape index (κ3) is 3.20. The Balaban J connectivity index is 2.51. The van der Waals surface area contributed by atoms with Gasteiger partial charge in [0.1, 0.15) is 0 Å². The number of halogens is 1. The van der Waals surface area contributed by atoms with E-state index in [0.717, 1.165) is 25.3 Å². The minimum Gasteiger partial charge on any atom is -0.258 e. The molecule has 1 fully saturated rings. The molecule has 1 heterocycles. The van der Waals surface area contributed by atoms with Crippen LogP contribution in [0.3, 0.4) is 0 Å². The summed E-state index contributed by atoms with van der Waals surface area (Å²) in [5.74, 6) is 0. The van der Waals surface area contributed by atoms with Crippen LogP contribution < -0.4 is 0 Å². The number of nitrogens with zero attached hydrogens (tertiary/aromatic N) is 2. The molecular formula is C13H17ClN2O4S. The topological polar surface area (TPSA) is 80.5 Å². The largest absolute Gasteiger partial charge is 0.290 e. The first kappa shape index (κ1) is 16.2. The summed E-state index contributed by atoms with van der Waals surface area (Å²) in [6.45, 7) is 2.33. The standard InChI is InChI=1S/C13H17ClN2O4S/c1-2-11-5-3-4-8-15(11)21(19,20)13-7-6-10(14)9-12(13)16(17)18/h6-7,9,11H,2-5,8H2,1H3/t11-/m1/s1. The zero-order valence-corrected chi connectivity index (χ0v) is 13.2. The maximum absolute atomic E-state index is 12.8. The van der Waals surface area contributed by atoms with Crippen LogP contribution in [0, 0.1) is 10.1 Å². The SMILES string of the molecule is CC[C@@H]1CCCCN1S(=O)(=O)c1ccc(Cl)cc1[N+](=O)[O-]. The Morgan fingerprint density at radius 3 is 2.76 bits per heavy atom. The van der Waals surface area contributed by atoms with E-state index in [0.29, 0.717) is 13.0 Å². The molecule has 8 heteroatoms. The molecule has 21 heavy (non-hydrogen) atoms. The zero-order chi connectivity index (χ0) is 15.6. The average Bonchev–Trinajstić information content (AvgIpc) is 2.46. The maximum atomic E-state index is 12.8. The third-order valence-corrected chi connectivity index (χ3v) is 5.98. The Hall–Kier alpha value is -1.18. The first-order valence-corrected chi connectivity index (χ1v) is 8.65. The molecule has 1 aromatic rings. The number of nitro benzene ring substituents is 1. The van der Waals surface area contributed by atoms with Crippen molar-refractivity contribution in [2.45, 2.75) is 43.5 Å². The van der Waals surface area contributed by atoms with E-state index in [4.69, 9.17) is 11.6 Å². The van der Waals surface area contributed by atoms with Crippen LogP contribution in [0.1, 0.15) is 32.6 Å². The lowest BCUT2D eigenvalue weighted by atomic mass is 10.0. The summed E-state index contributed by atoms with van der Waals surface area (Å²) in [4.78, 5) is 10.1. The fourth-order valence-electron chi connectivity index (χ4n) is 2.68. The van der Waals surface area contributed by atoms with Crippen LogP contribution in [0.25, 0.3) is 0 Å². The van der Waals surface area contributed by atoms with Gasteiger partial charge >= 0.3 is 0 Å². The van der Waals surface area contributed by atoms with Crippen molar-refractivity contribution in [3.05, 3.63) is 33.3 Å². The van der Waals surface area contributed by atoms with E-state index in [1.165, 1.54) is 16.4 Å². The summed E-state index contributed by atoms with van der Waals surface area (Å²) in [5.41, 5.74) is -0.470. The molecule has 0 bridgehead atoms. The number of rotatable bonds is 4. The fraction of sp³-hybridized carbons (Fsp3) is 0.538. The monoisotopic (exact) mass is 332 g/mol. The molecule has 0 spiro atoms. The molecule has 2 rings (SSSR count). The van der Waals surface area contributed by atoms with Gasteiger partial charge in [-0.05, 0) is 31.4 Å². The number of hydrogen-bond acceptors (Lipinski definition) is 4. The highest BCUT2D eigenvalue weighted by molar-refractivity contribution is 7.89. The molecule has 1 aromatic carbocycles. The second-order valence-corrected chi connectivity index (χ2v) is 7.34. The van der Waals surface area contributed by atoms with Crippen LogP contribution in [-0.2, 0) is 10.0 Å². The van der Waals surface area contributed by atoms with Crippen LogP contribution in [0.5, 0.6) is 0 Å². The summed E-state index contributed by atoms with van der Waals surface area (Å²) < 4.78 is 26.9. The van der Waals surface area contributed by atoms with Gasteiger partial charge in [0.25, 0.3) is 5.69 Å². The van der Waals surface area contributed by atoms with Gasteiger partial charge in [-0.15, -0.1) is 0 Å². The molecule has 1 saturated heterocycles. The van der Waals surface area contributed by atoms with Gasteiger partial charge in [-0.2, -0.15) is 4.31 Å². The van der Waals surface area contributed by atoms with Gasteiger partial charge in [0, 0.05) is 23.7 Å². The van der Waals surface area contributed by atoms with Gasteiger partial charge in [0.05, 0.1) is 4.92 Å². The maximum Gasteiger partial charge on any atom is 0.290 e. The molecule has 0 amide bonds. The first-order valence-electron chi connectivity index (χ1n) is 6.83. The molecule has 6 nitrogen and oxygen atoms in total. The molecule has 1 aliphatic rings. The molecule has 0 saturated carbocycles. The van der Waals surface area contributed by atoms with Crippen LogP contribution in [0.15, 0.2) is 23.1 Å². The minimum atomic E-state index is -3.88. The molecule has 0 aliphatic carbocycles. The Morgan fingerprint density at radius 1 is 1.43 bits per heavy atom.